The first-order chi connectivity index (χ1) is 15.0. The lowest BCUT2D eigenvalue weighted by atomic mass is 9.99. The van der Waals surface area contributed by atoms with Gasteiger partial charge in [0.1, 0.15) is 17.1 Å². The fraction of sp³-hybridized carbons (Fsp3) is 0.125. The lowest BCUT2D eigenvalue weighted by Gasteiger charge is -2.31. The minimum Gasteiger partial charge on any atom is -0.497 e. The van der Waals surface area contributed by atoms with E-state index in [0.29, 0.717) is 18.9 Å². The van der Waals surface area contributed by atoms with Crippen molar-refractivity contribution in [1.82, 2.24) is 0 Å². The van der Waals surface area contributed by atoms with Crippen LogP contribution in [0.15, 0.2) is 78.8 Å². The largest absolute Gasteiger partial charge is 0.497 e. The van der Waals surface area contributed by atoms with Crippen LogP contribution in [-0.2, 0) is 6.54 Å². The van der Waals surface area contributed by atoms with Crippen LogP contribution in [0.2, 0.25) is 0 Å². The number of rotatable bonds is 3. The van der Waals surface area contributed by atoms with Gasteiger partial charge in [0.05, 0.1) is 24.9 Å². The summed E-state index contributed by atoms with van der Waals surface area (Å²) in [6, 6.07) is 19.1. The van der Waals surface area contributed by atoms with E-state index < -0.39 is 5.63 Å². The van der Waals surface area contributed by atoms with Crippen molar-refractivity contribution in [2.75, 3.05) is 18.7 Å². The molecule has 0 saturated carbocycles. The van der Waals surface area contributed by atoms with E-state index in [1.54, 1.807) is 7.11 Å². The molecule has 31 heavy (non-hydrogen) atoms. The van der Waals surface area contributed by atoms with Gasteiger partial charge in [0, 0.05) is 20.4 Å². The molecule has 0 fully saturated rings. The molecule has 5 rings (SSSR count). The predicted molar refractivity (Wildman–Crippen MR) is 128 cm³/mol. The maximum absolute atomic E-state index is 12.5. The average Bonchev–Trinajstić information content (AvgIpc) is 2.78. The van der Waals surface area contributed by atoms with Crippen molar-refractivity contribution in [3.63, 3.8) is 0 Å². The Kier molecular flexibility index (Phi) is 5.24. The maximum Gasteiger partial charge on any atom is 0.336 e. The maximum atomic E-state index is 12.5. The topological polar surface area (TPSA) is 51.9 Å². The summed E-state index contributed by atoms with van der Waals surface area (Å²) in [5, 5.41) is 0.865. The van der Waals surface area contributed by atoms with Gasteiger partial charge in [-0.25, -0.2) is 4.79 Å². The highest BCUT2D eigenvalue weighted by atomic mass is 79.9. The Bertz CT molecular complexity index is 1350. The third kappa shape index (κ3) is 3.72. The van der Waals surface area contributed by atoms with Crippen LogP contribution < -0.4 is 20.0 Å². The Labute approximate surface area is 195 Å². The van der Waals surface area contributed by atoms with E-state index in [2.05, 4.69) is 36.8 Å². The van der Waals surface area contributed by atoms with Gasteiger partial charge in [-0.3, -0.25) is 0 Å². The molecule has 5 nitrogen and oxygen atoms in total. The molecule has 0 saturated heterocycles. The van der Waals surface area contributed by atoms with E-state index in [1.165, 1.54) is 6.07 Å². The highest BCUT2D eigenvalue weighted by Crippen LogP contribution is 2.39. The highest BCUT2D eigenvalue weighted by molar-refractivity contribution is 9.11. The second kappa shape index (κ2) is 8.05. The molecule has 156 valence electrons. The lowest BCUT2D eigenvalue weighted by Crippen LogP contribution is -2.32. The molecule has 0 spiro atoms. The third-order valence-corrected chi connectivity index (χ3v) is 6.48. The number of halogens is 2. The van der Waals surface area contributed by atoms with Crippen molar-refractivity contribution in [3.8, 4) is 22.6 Å². The molecule has 2 heterocycles. The van der Waals surface area contributed by atoms with Gasteiger partial charge in [-0.2, -0.15) is 0 Å². The van der Waals surface area contributed by atoms with Crippen LogP contribution >= 0.6 is 31.9 Å². The van der Waals surface area contributed by atoms with Gasteiger partial charge in [0.25, 0.3) is 0 Å². The number of hydrogen-bond donors (Lipinski definition) is 0. The van der Waals surface area contributed by atoms with Crippen LogP contribution in [0, 0.1) is 0 Å². The number of fused-ring (bicyclic) bond motifs is 3. The van der Waals surface area contributed by atoms with Crippen molar-refractivity contribution < 1.29 is 13.9 Å². The molecule has 7 heteroatoms. The fourth-order valence-electron chi connectivity index (χ4n) is 3.83. The number of nitrogens with zero attached hydrogens (tertiary/aromatic N) is 1. The minimum absolute atomic E-state index is 0.395. The Morgan fingerprint density at radius 2 is 1.81 bits per heavy atom. The van der Waals surface area contributed by atoms with Crippen molar-refractivity contribution in [1.29, 1.82) is 0 Å². The number of ether oxygens (including phenoxy) is 2. The first kappa shape index (κ1) is 20.2. The van der Waals surface area contributed by atoms with Crippen LogP contribution in [0.1, 0.15) is 5.56 Å². The van der Waals surface area contributed by atoms with E-state index in [4.69, 9.17) is 13.9 Å². The number of methoxy groups -OCH3 is 1. The zero-order valence-corrected chi connectivity index (χ0v) is 19.7. The summed E-state index contributed by atoms with van der Waals surface area (Å²) in [6.45, 7) is 0.961. The van der Waals surface area contributed by atoms with E-state index >= 15 is 0 Å². The molecule has 0 bridgehead atoms. The molecule has 1 aliphatic heterocycles. The van der Waals surface area contributed by atoms with Crippen molar-refractivity contribution in [2.45, 2.75) is 6.54 Å². The Balaban J connectivity index is 1.63. The second-order valence-electron chi connectivity index (χ2n) is 7.19. The molecule has 0 unspecified atom stereocenters. The van der Waals surface area contributed by atoms with Crippen LogP contribution in [0.4, 0.5) is 5.69 Å². The smallest absolute Gasteiger partial charge is 0.336 e. The van der Waals surface area contributed by atoms with Crippen molar-refractivity contribution >= 4 is 48.5 Å². The predicted octanol–water partition coefficient (Wildman–Crippen LogP) is 6.35. The number of hydrogen-bond acceptors (Lipinski definition) is 5. The Hall–Kier alpha value is -2.77. The standard InChI is InChI=1S/C24H17Br2NO4/c1-29-16-5-2-14(3-6-16)18-11-23(28)31-24-17(18)7-9-22-19(24)12-27(13-30-22)21-8-4-15(25)10-20(21)26/h2-11H,12-13H2,1H3. The average molecular weight is 543 g/mol. The molecule has 0 radical (unpaired) electrons. The monoisotopic (exact) mass is 541 g/mol. The summed E-state index contributed by atoms with van der Waals surface area (Å²) in [5.41, 5.74) is 3.74. The molecule has 0 atom stereocenters. The number of benzene rings is 3. The summed E-state index contributed by atoms with van der Waals surface area (Å²) in [7, 11) is 1.63. The summed E-state index contributed by atoms with van der Waals surface area (Å²) in [4.78, 5) is 14.6. The zero-order chi connectivity index (χ0) is 21.5. The van der Waals surface area contributed by atoms with Crippen molar-refractivity contribution in [3.05, 3.63) is 85.6 Å². The van der Waals surface area contributed by atoms with Gasteiger partial charge in [0.15, 0.2) is 6.73 Å². The van der Waals surface area contributed by atoms with Crippen LogP contribution in [0.25, 0.3) is 22.1 Å². The van der Waals surface area contributed by atoms with E-state index in [1.807, 2.05) is 54.6 Å². The Morgan fingerprint density at radius 3 is 2.55 bits per heavy atom. The summed E-state index contributed by atoms with van der Waals surface area (Å²) in [6.07, 6.45) is 0. The molecule has 1 aromatic heterocycles. The second-order valence-corrected chi connectivity index (χ2v) is 8.96. The molecular formula is C24H17Br2NO4. The normalized spacial score (nSPS) is 13.1. The van der Waals surface area contributed by atoms with E-state index in [-0.39, 0.29) is 0 Å². The molecule has 1 aliphatic rings. The van der Waals surface area contributed by atoms with Gasteiger partial charge in [0.2, 0.25) is 0 Å². The zero-order valence-electron chi connectivity index (χ0n) is 16.5. The summed E-state index contributed by atoms with van der Waals surface area (Å²) < 4.78 is 18.9. The van der Waals surface area contributed by atoms with Gasteiger partial charge in [-0.05, 0) is 69.5 Å². The number of anilines is 1. The van der Waals surface area contributed by atoms with Gasteiger partial charge in [-0.15, -0.1) is 0 Å². The molecular weight excluding hydrogens is 526 g/mol. The van der Waals surface area contributed by atoms with E-state index in [0.717, 1.165) is 48.2 Å². The van der Waals surface area contributed by atoms with Crippen LogP contribution in [-0.4, -0.2) is 13.8 Å². The van der Waals surface area contributed by atoms with E-state index in [9.17, 15) is 4.79 Å². The third-order valence-electron chi connectivity index (χ3n) is 5.35. The first-order valence-electron chi connectivity index (χ1n) is 9.60. The van der Waals surface area contributed by atoms with Crippen LogP contribution in [0.5, 0.6) is 11.5 Å². The summed E-state index contributed by atoms with van der Waals surface area (Å²) in [5.74, 6) is 1.49. The van der Waals surface area contributed by atoms with Crippen molar-refractivity contribution in [2.24, 2.45) is 0 Å². The molecule has 4 aromatic rings. The van der Waals surface area contributed by atoms with Crippen LogP contribution in [0.3, 0.4) is 0 Å². The molecule has 0 aliphatic carbocycles. The fourth-order valence-corrected chi connectivity index (χ4v) is 5.13. The molecule has 0 amide bonds. The minimum atomic E-state index is -0.395. The first-order valence-corrected chi connectivity index (χ1v) is 11.2. The quantitative estimate of drug-likeness (QED) is 0.282. The highest BCUT2D eigenvalue weighted by Gasteiger charge is 2.24. The van der Waals surface area contributed by atoms with Gasteiger partial charge < -0.3 is 18.8 Å². The molecule has 0 N–H and O–H groups in total. The summed E-state index contributed by atoms with van der Waals surface area (Å²) >= 11 is 7.12. The SMILES string of the molecule is COc1ccc(-c2cc(=O)oc3c4c(ccc23)OCN(c2ccc(Br)cc2Br)C4)cc1. The van der Waals surface area contributed by atoms with Gasteiger partial charge >= 0.3 is 5.63 Å². The Morgan fingerprint density at radius 1 is 1.00 bits per heavy atom. The van der Waals surface area contributed by atoms with Gasteiger partial charge in [-0.1, -0.05) is 28.1 Å². The molecule has 3 aromatic carbocycles. The lowest BCUT2D eigenvalue weighted by molar-refractivity contribution is 0.289.